The monoisotopic (exact) mass is 221 g/mol. The molecule has 1 aromatic rings. The Balaban J connectivity index is 2.47. The molecule has 0 atom stereocenters. The lowest BCUT2D eigenvalue weighted by molar-refractivity contribution is 0.0954. The van der Waals surface area contributed by atoms with E-state index >= 15 is 0 Å². The number of carbonyl (C=O) groups is 1. The van der Waals surface area contributed by atoms with Crippen LogP contribution in [0.5, 0.6) is 0 Å². The van der Waals surface area contributed by atoms with Gasteiger partial charge in [-0.05, 0) is 31.5 Å². The Hall–Kier alpha value is -1.22. The molecular formula is C12H15NOS. The Labute approximate surface area is 95.8 Å². The minimum Gasteiger partial charge on any atom is -0.352 e. The Bertz CT molecular complexity index is 360. The van der Waals surface area contributed by atoms with Gasteiger partial charge in [-0.25, -0.2) is 0 Å². The summed E-state index contributed by atoms with van der Waals surface area (Å²) in [7, 11) is 0. The first-order valence-electron chi connectivity index (χ1n) is 4.92. The molecule has 0 saturated carbocycles. The van der Waals surface area contributed by atoms with Gasteiger partial charge in [0.15, 0.2) is 0 Å². The molecule has 3 heteroatoms. The second kappa shape index (κ2) is 6.30. The molecule has 1 rings (SSSR count). The molecule has 0 heterocycles. The normalized spacial score (nSPS) is 10.5. The highest BCUT2D eigenvalue weighted by molar-refractivity contribution is 7.80. The molecule has 0 saturated heterocycles. The molecule has 2 nitrogen and oxygen atoms in total. The van der Waals surface area contributed by atoms with Gasteiger partial charge < -0.3 is 5.32 Å². The van der Waals surface area contributed by atoms with Gasteiger partial charge in [0.1, 0.15) is 0 Å². The lowest BCUT2D eigenvalue weighted by atomic mass is 10.2. The molecule has 0 fully saturated rings. The molecule has 0 aromatic heterocycles. The van der Waals surface area contributed by atoms with Crippen molar-refractivity contribution in [3.05, 3.63) is 42.0 Å². The van der Waals surface area contributed by atoms with Gasteiger partial charge in [0.2, 0.25) is 0 Å². The van der Waals surface area contributed by atoms with Gasteiger partial charge in [0.25, 0.3) is 5.91 Å². The van der Waals surface area contributed by atoms with E-state index in [1.165, 1.54) is 0 Å². The van der Waals surface area contributed by atoms with Gasteiger partial charge in [-0.15, -0.1) is 12.6 Å². The van der Waals surface area contributed by atoms with E-state index in [9.17, 15) is 4.79 Å². The maximum Gasteiger partial charge on any atom is 0.251 e. The van der Waals surface area contributed by atoms with Crippen molar-refractivity contribution in [3.63, 3.8) is 0 Å². The van der Waals surface area contributed by atoms with Crippen molar-refractivity contribution in [2.75, 3.05) is 6.54 Å². The van der Waals surface area contributed by atoms with Crippen molar-refractivity contribution >= 4 is 18.5 Å². The molecular weight excluding hydrogens is 206 g/mol. The van der Waals surface area contributed by atoms with Crippen molar-refractivity contribution in [2.24, 2.45) is 0 Å². The van der Waals surface area contributed by atoms with E-state index in [-0.39, 0.29) is 5.91 Å². The van der Waals surface area contributed by atoms with Crippen LogP contribution in [0.15, 0.2) is 41.3 Å². The molecule has 1 amide bonds. The average molecular weight is 221 g/mol. The van der Waals surface area contributed by atoms with Gasteiger partial charge >= 0.3 is 0 Å². The van der Waals surface area contributed by atoms with Crippen LogP contribution in [0.1, 0.15) is 23.7 Å². The highest BCUT2D eigenvalue weighted by atomic mass is 32.1. The van der Waals surface area contributed by atoms with E-state index < -0.39 is 0 Å². The summed E-state index contributed by atoms with van der Waals surface area (Å²) in [5, 5.41) is 2.84. The molecule has 0 aliphatic carbocycles. The van der Waals surface area contributed by atoms with Crippen molar-refractivity contribution in [1.29, 1.82) is 0 Å². The summed E-state index contributed by atoms with van der Waals surface area (Å²) in [6.07, 6.45) is 4.86. The number of hydrogen-bond donors (Lipinski definition) is 2. The predicted molar refractivity (Wildman–Crippen MR) is 65.5 cm³/mol. The summed E-state index contributed by atoms with van der Waals surface area (Å²) in [6.45, 7) is 2.63. The number of amides is 1. The van der Waals surface area contributed by atoms with Crippen LogP contribution in [0, 0.1) is 0 Å². The number of rotatable bonds is 4. The summed E-state index contributed by atoms with van der Waals surface area (Å²) >= 11 is 4.18. The molecule has 0 spiro atoms. The summed E-state index contributed by atoms with van der Waals surface area (Å²) in [5.41, 5.74) is 0.656. The third kappa shape index (κ3) is 4.21. The van der Waals surface area contributed by atoms with E-state index in [4.69, 9.17) is 0 Å². The quantitative estimate of drug-likeness (QED) is 0.457. The van der Waals surface area contributed by atoms with Crippen molar-refractivity contribution < 1.29 is 4.79 Å². The minimum atomic E-state index is -0.0459. The Morgan fingerprint density at radius 2 is 2.33 bits per heavy atom. The number of allylic oxidation sites excluding steroid dienone is 1. The highest BCUT2D eigenvalue weighted by Gasteiger charge is 2.03. The van der Waals surface area contributed by atoms with Crippen LogP contribution >= 0.6 is 12.6 Å². The van der Waals surface area contributed by atoms with Crippen LogP contribution in [0.25, 0.3) is 0 Å². The maximum atomic E-state index is 11.6. The Morgan fingerprint density at radius 3 is 3.00 bits per heavy atom. The van der Waals surface area contributed by atoms with E-state index in [0.29, 0.717) is 12.1 Å². The lowest BCUT2D eigenvalue weighted by Gasteiger charge is -2.03. The average Bonchev–Trinajstić information content (AvgIpc) is 2.24. The van der Waals surface area contributed by atoms with Gasteiger partial charge in [-0.3, -0.25) is 4.79 Å². The first-order valence-corrected chi connectivity index (χ1v) is 5.37. The topological polar surface area (TPSA) is 29.1 Å². The molecule has 0 bridgehead atoms. The van der Waals surface area contributed by atoms with E-state index in [2.05, 4.69) is 17.9 Å². The Kier molecular flexibility index (Phi) is 4.98. The Morgan fingerprint density at radius 1 is 1.53 bits per heavy atom. The van der Waals surface area contributed by atoms with E-state index in [1.54, 1.807) is 12.1 Å². The SMILES string of the molecule is C/C=C/CCNC(=O)c1cccc(S)c1. The number of carbonyl (C=O) groups excluding carboxylic acids is 1. The zero-order valence-electron chi connectivity index (χ0n) is 8.73. The van der Waals surface area contributed by atoms with Crippen LogP contribution in [0.2, 0.25) is 0 Å². The van der Waals surface area contributed by atoms with Crippen LogP contribution in [0.3, 0.4) is 0 Å². The van der Waals surface area contributed by atoms with E-state index in [1.807, 2.05) is 31.2 Å². The highest BCUT2D eigenvalue weighted by Crippen LogP contribution is 2.08. The first-order chi connectivity index (χ1) is 7.24. The van der Waals surface area contributed by atoms with Crippen LogP contribution in [-0.2, 0) is 0 Å². The fourth-order valence-corrected chi connectivity index (χ4v) is 1.41. The minimum absolute atomic E-state index is 0.0459. The molecule has 80 valence electrons. The van der Waals surface area contributed by atoms with Crippen molar-refractivity contribution in [3.8, 4) is 0 Å². The third-order valence-electron chi connectivity index (χ3n) is 1.94. The van der Waals surface area contributed by atoms with Gasteiger partial charge in [-0.1, -0.05) is 18.2 Å². The van der Waals surface area contributed by atoms with Gasteiger partial charge in [-0.2, -0.15) is 0 Å². The smallest absolute Gasteiger partial charge is 0.251 e. The van der Waals surface area contributed by atoms with Crippen LogP contribution in [0.4, 0.5) is 0 Å². The second-order valence-corrected chi connectivity index (χ2v) is 3.68. The first kappa shape index (κ1) is 11.9. The molecule has 0 radical (unpaired) electrons. The van der Waals surface area contributed by atoms with E-state index in [0.717, 1.165) is 11.3 Å². The summed E-state index contributed by atoms with van der Waals surface area (Å²) in [4.78, 5) is 12.4. The van der Waals surface area contributed by atoms with Crippen LogP contribution < -0.4 is 5.32 Å². The van der Waals surface area contributed by atoms with Gasteiger partial charge in [0.05, 0.1) is 0 Å². The van der Waals surface area contributed by atoms with Crippen molar-refractivity contribution in [2.45, 2.75) is 18.2 Å². The number of benzene rings is 1. The maximum absolute atomic E-state index is 11.6. The molecule has 0 aliphatic rings. The summed E-state index contributed by atoms with van der Waals surface area (Å²) < 4.78 is 0. The summed E-state index contributed by atoms with van der Waals surface area (Å²) in [6, 6.07) is 7.21. The largest absolute Gasteiger partial charge is 0.352 e. The third-order valence-corrected chi connectivity index (χ3v) is 2.22. The number of nitrogens with one attached hydrogen (secondary N) is 1. The molecule has 0 unspecified atom stereocenters. The zero-order chi connectivity index (χ0) is 11.1. The number of thiol groups is 1. The van der Waals surface area contributed by atoms with Crippen molar-refractivity contribution in [1.82, 2.24) is 5.32 Å². The van der Waals surface area contributed by atoms with Gasteiger partial charge in [0, 0.05) is 17.0 Å². The van der Waals surface area contributed by atoms with Crippen LogP contribution in [-0.4, -0.2) is 12.5 Å². The molecule has 1 aromatic carbocycles. The molecule has 15 heavy (non-hydrogen) atoms. The second-order valence-electron chi connectivity index (χ2n) is 3.16. The predicted octanol–water partition coefficient (Wildman–Crippen LogP) is 2.67. The molecule has 0 aliphatic heterocycles. The number of hydrogen-bond acceptors (Lipinski definition) is 2. The lowest BCUT2D eigenvalue weighted by Crippen LogP contribution is -2.23. The zero-order valence-corrected chi connectivity index (χ0v) is 9.63. The fourth-order valence-electron chi connectivity index (χ4n) is 1.18. The fraction of sp³-hybridized carbons (Fsp3) is 0.250. The standard InChI is InChI=1S/C12H15NOS/c1-2-3-4-8-13-12(14)10-6-5-7-11(15)9-10/h2-3,5-7,9,15H,4,8H2,1H3,(H,13,14)/b3-2+. The summed E-state index contributed by atoms with van der Waals surface area (Å²) in [5.74, 6) is -0.0459. The molecule has 1 N–H and O–H groups in total.